The number of likely N-dealkylation sites (tertiary alicyclic amines) is 1. The van der Waals surface area contributed by atoms with Gasteiger partial charge in [-0.25, -0.2) is 4.68 Å². The van der Waals surface area contributed by atoms with Crippen LogP contribution in [0.25, 0.3) is 0 Å². The summed E-state index contributed by atoms with van der Waals surface area (Å²) in [6.45, 7) is 3.82. The third kappa shape index (κ3) is 5.40. The van der Waals surface area contributed by atoms with Gasteiger partial charge < -0.3 is 14.8 Å². The molecule has 2 aliphatic heterocycles. The van der Waals surface area contributed by atoms with Gasteiger partial charge in [0.2, 0.25) is 0 Å². The predicted molar refractivity (Wildman–Crippen MR) is 122 cm³/mol. The average molecular weight is 448 g/mol. The van der Waals surface area contributed by atoms with Crippen LogP contribution in [-0.2, 0) is 29.2 Å². The number of carbonyl (C=O) groups excluding carboxylic acids is 1. The number of amides is 1. The normalized spacial score (nSPS) is 19.1. The SMILES string of the molecule is O=C(COc1ccccc1)NC1CCN(Cc2nnn3c2COC(c2ccccc2)C3)CC1. The minimum atomic E-state index is -0.0743. The highest BCUT2D eigenvalue weighted by Crippen LogP contribution is 2.27. The van der Waals surface area contributed by atoms with Crippen molar-refractivity contribution < 1.29 is 14.3 Å². The fourth-order valence-electron chi connectivity index (χ4n) is 4.44. The van der Waals surface area contributed by atoms with Crippen LogP contribution in [0.1, 0.15) is 35.9 Å². The van der Waals surface area contributed by atoms with Gasteiger partial charge in [-0.2, -0.15) is 0 Å². The molecule has 8 heteroatoms. The fraction of sp³-hybridized carbons (Fsp3) is 0.400. The molecular weight excluding hydrogens is 418 g/mol. The summed E-state index contributed by atoms with van der Waals surface area (Å²) in [5, 5.41) is 11.9. The number of piperidine rings is 1. The molecule has 1 unspecified atom stereocenters. The maximum atomic E-state index is 12.2. The van der Waals surface area contributed by atoms with E-state index in [2.05, 4.69) is 32.7 Å². The maximum Gasteiger partial charge on any atom is 0.258 e. The minimum Gasteiger partial charge on any atom is -0.484 e. The van der Waals surface area contributed by atoms with E-state index in [0.29, 0.717) is 18.9 Å². The van der Waals surface area contributed by atoms with Gasteiger partial charge in [-0.15, -0.1) is 5.10 Å². The molecule has 1 saturated heterocycles. The first kappa shape index (κ1) is 21.6. The third-order valence-electron chi connectivity index (χ3n) is 6.29. The van der Waals surface area contributed by atoms with E-state index in [-0.39, 0.29) is 24.7 Å². The van der Waals surface area contributed by atoms with Crippen LogP contribution >= 0.6 is 0 Å². The summed E-state index contributed by atoms with van der Waals surface area (Å²) in [4.78, 5) is 14.6. The zero-order valence-corrected chi connectivity index (χ0v) is 18.6. The second-order valence-corrected chi connectivity index (χ2v) is 8.59. The van der Waals surface area contributed by atoms with Crippen LogP contribution in [0, 0.1) is 0 Å². The lowest BCUT2D eigenvalue weighted by Crippen LogP contribution is -2.45. The number of ether oxygens (including phenoxy) is 2. The van der Waals surface area contributed by atoms with Crippen molar-refractivity contribution in [1.29, 1.82) is 0 Å². The number of aromatic nitrogens is 3. The number of nitrogens with one attached hydrogen (secondary N) is 1. The Labute approximate surface area is 193 Å². The molecule has 33 heavy (non-hydrogen) atoms. The summed E-state index contributed by atoms with van der Waals surface area (Å²) in [6, 6.07) is 19.8. The van der Waals surface area contributed by atoms with E-state index in [4.69, 9.17) is 9.47 Å². The molecule has 0 bridgehead atoms. The van der Waals surface area contributed by atoms with Crippen molar-refractivity contribution in [3.8, 4) is 5.75 Å². The Balaban J connectivity index is 1.08. The Hall–Kier alpha value is -3.23. The molecular formula is C25H29N5O3. The fourth-order valence-corrected chi connectivity index (χ4v) is 4.44. The van der Waals surface area contributed by atoms with Crippen molar-refractivity contribution in [3.63, 3.8) is 0 Å². The molecule has 3 aromatic rings. The second-order valence-electron chi connectivity index (χ2n) is 8.59. The van der Waals surface area contributed by atoms with E-state index in [1.54, 1.807) is 0 Å². The molecule has 0 saturated carbocycles. The molecule has 1 fully saturated rings. The van der Waals surface area contributed by atoms with Gasteiger partial charge in [0.05, 0.1) is 18.8 Å². The molecule has 8 nitrogen and oxygen atoms in total. The molecule has 3 heterocycles. The molecule has 0 spiro atoms. The van der Waals surface area contributed by atoms with Crippen molar-refractivity contribution in [2.45, 2.75) is 44.7 Å². The highest BCUT2D eigenvalue weighted by molar-refractivity contribution is 5.77. The maximum absolute atomic E-state index is 12.2. The lowest BCUT2D eigenvalue weighted by molar-refractivity contribution is -0.124. The molecule has 1 N–H and O–H groups in total. The van der Waals surface area contributed by atoms with Crippen molar-refractivity contribution in [2.75, 3.05) is 19.7 Å². The van der Waals surface area contributed by atoms with E-state index < -0.39 is 0 Å². The molecule has 0 aliphatic carbocycles. The largest absolute Gasteiger partial charge is 0.484 e. The number of benzene rings is 2. The lowest BCUT2D eigenvalue weighted by Gasteiger charge is -2.32. The van der Waals surface area contributed by atoms with Crippen LogP contribution in [0.4, 0.5) is 0 Å². The first-order valence-corrected chi connectivity index (χ1v) is 11.5. The van der Waals surface area contributed by atoms with Crippen LogP contribution < -0.4 is 10.1 Å². The monoisotopic (exact) mass is 447 g/mol. The van der Waals surface area contributed by atoms with E-state index in [9.17, 15) is 4.79 Å². The summed E-state index contributed by atoms with van der Waals surface area (Å²) in [7, 11) is 0. The van der Waals surface area contributed by atoms with Crippen LogP contribution in [0.15, 0.2) is 60.7 Å². The summed E-state index contributed by atoms with van der Waals surface area (Å²) in [5.74, 6) is 0.633. The topological polar surface area (TPSA) is 81.5 Å². The Morgan fingerprint density at radius 2 is 1.79 bits per heavy atom. The van der Waals surface area contributed by atoms with Crippen molar-refractivity contribution in [3.05, 3.63) is 77.6 Å². The molecule has 1 atom stereocenters. The van der Waals surface area contributed by atoms with Crippen molar-refractivity contribution >= 4 is 5.91 Å². The zero-order chi connectivity index (χ0) is 22.5. The summed E-state index contributed by atoms with van der Waals surface area (Å²) < 4.78 is 13.6. The van der Waals surface area contributed by atoms with Crippen molar-refractivity contribution in [1.82, 2.24) is 25.2 Å². The van der Waals surface area contributed by atoms with Crippen molar-refractivity contribution in [2.24, 2.45) is 0 Å². The van der Waals surface area contributed by atoms with E-state index in [0.717, 1.165) is 43.9 Å². The number of hydrogen-bond donors (Lipinski definition) is 1. The summed E-state index contributed by atoms with van der Waals surface area (Å²) >= 11 is 0. The van der Waals surface area contributed by atoms with Gasteiger partial charge in [0.15, 0.2) is 6.61 Å². The second kappa shape index (κ2) is 10.1. The predicted octanol–water partition coefficient (Wildman–Crippen LogP) is 2.71. The average Bonchev–Trinajstić information content (AvgIpc) is 3.27. The number of fused-ring (bicyclic) bond motifs is 1. The number of hydrogen-bond acceptors (Lipinski definition) is 6. The first-order valence-electron chi connectivity index (χ1n) is 11.5. The van der Waals surface area contributed by atoms with Gasteiger partial charge in [0.1, 0.15) is 17.5 Å². The molecule has 0 radical (unpaired) electrons. The van der Waals surface area contributed by atoms with Gasteiger partial charge in [-0.05, 0) is 30.5 Å². The number of rotatable bonds is 7. The first-order chi connectivity index (χ1) is 16.2. The third-order valence-corrected chi connectivity index (χ3v) is 6.29. The standard InChI is InChI=1S/C25H29N5O3/c31-25(18-32-21-9-5-2-6-10-21)26-20-11-13-29(14-12-20)15-22-23-17-33-24(16-30(23)28-27-22)19-7-3-1-4-8-19/h1-10,20,24H,11-18H2,(H,26,31). The summed E-state index contributed by atoms with van der Waals surface area (Å²) in [5.41, 5.74) is 3.22. The quantitative estimate of drug-likeness (QED) is 0.600. The Kier molecular flexibility index (Phi) is 6.64. The zero-order valence-electron chi connectivity index (χ0n) is 18.6. The van der Waals surface area contributed by atoms with Crippen LogP contribution in [0.2, 0.25) is 0 Å². The Morgan fingerprint density at radius 1 is 1.06 bits per heavy atom. The van der Waals surface area contributed by atoms with Crippen LogP contribution in [-0.4, -0.2) is 51.5 Å². The smallest absolute Gasteiger partial charge is 0.258 e. The van der Waals surface area contributed by atoms with Crippen LogP contribution in [0.5, 0.6) is 5.75 Å². The van der Waals surface area contributed by atoms with Gasteiger partial charge in [-0.1, -0.05) is 53.7 Å². The van der Waals surface area contributed by atoms with Gasteiger partial charge in [-0.3, -0.25) is 9.69 Å². The molecule has 2 aromatic carbocycles. The molecule has 172 valence electrons. The van der Waals surface area contributed by atoms with Gasteiger partial charge >= 0.3 is 0 Å². The highest BCUT2D eigenvalue weighted by atomic mass is 16.5. The highest BCUT2D eigenvalue weighted by Gasteiger charge is 2.27. The summed E-state index contributed by atoms with van der Waals surface area (Å²) in [6.07, 6.45) is 1.83. The molecule has 2 aliphatic rings. The lowest BCUT2D eigenvalue weighted by atomic mass is 10.0. The van der Waals surface area contributed by atoms with E-state index in [1.165, 1.54) is 5.56 Å². The Morgan fingerprint density at radius 3 is 2.55 bits per heavy atom. The minimum absolute atomic E-state index is 0.0125. The van der Waals surface area contributed by atoms with Gasteiger partial charge in [0, 0.05) is 25.7 Å². The molecule has 5 rings (SSSR count). The van der Waals surface area contributed by atoms with Gasteiger partial charge in [0.25, 0.3) is 5.91 Å². The molecule has 1 amide bonds. The molecule has 1 aromatic heterocycles. The number of para-hydroxylation sites is 1. The number of nitrogens with zero attached hydrogens (tertiary/aromatic N) is 4. The number of carbonyl (C=O) groups is 1. The Bertz CT molecular complexity index is 1050. The van der Waals surface area contributed by atoms with E-state index >= 15 is 0 Å². The van der Waals surface area contributed by atoms with E-state index in [1.807, 2.05) is 53.2 Å². The van der Waals surface area contributed by atoms with Crippen LogP contribution in [0.3, 0.4) is 0 Å².